The molecule has 9 nitrogen and oxygen atoms in total. The fourth-order valence-electron chi connectivity index (χ4n) is 4.14. The first-order chi connectivity index (χ1) is 18.7. The van der Waals surface area contributed by atoms with Crippen LogP contribution >= 0.6 is 24.8 Å². The number of benzene rings is 2. The van der Waals surface area contributed by atoms with Crippen LogP contribution in [-0.2, 0) is 33.8 Å². The Labute approximate surface area is 254 Å². The summed E-state index contributed by atoms with van der Waals surface area (Å²) < 4.78 is 0. The molecule has 0 saturated carbocycles. The first-order valence-corrected chi connectivity index (χ1v) is 13.1. The normalized spacial score (nSPS) is 11.7. The van der Waals surface area contributed by atoms with Gasteiger partial charge in [0.05, 0.1) is 6.04 Å². The number of aromatic nitrogens is 1. The number of halogens is 2. The van der Waals surface area contributed by atoms with Gasteiger partial charge in [-0.15, -0.1) is 24.8 Å². The second-order valence-electron chi connectivity index (χ2n) is 9.59. The molecule has 6 N–H and O–H groups in total. The lowest BCUT2D eigenvalue weighted by Gasteiger charge is -2.21. The molecule has 3 aromatic rings. The molecule has 3 rings (SSSR count). The number of hydrogen-bond acceptors (Lipinski definition) is 6. The minimum Gasteiger partial charge on any atom is -0.384 e. The molecule has 41 heavy (non-hydrogen) atoms. The number of nitrogens with zero attached hydrogens (tertiary/aromatic N) is 1. The Balaban J connectivity index is 0.00000420. The number of pyridine rings is 1. The van der Waals surface area contributed by atoms with Crippen LogP contribution in [0.4, 0.5) is 11.5 Å². The van der Waals surface area contributed by atoms with Crippen molar-refractivity contribution in [3.8, 4) is 0 Å². The molecule has 0 unspecified atom stereocenters. The molecule has 0 bridgehead atoms. The van der Waals surface area contributed by atoms with Gasteiger partial charge in [0.15, 0.2) is 0 Å². The average molecular weight is 604 g/mol. The van der Waals surface area contributed by atoms with E-state index in [2.05, 4.69) is 26.3 Å². The Morgan fingerprint density at radius 2 is 1.54 bits per heavy atom. The van der Waals surface area contributed by atoms with Crippen molar-refractivity contribution in [2.45, 2.75) is 58.7 Å². The smallest absolute Gasteiger partial charge is 0.242 e. The molecule has 0 aliphatic carbocycles. The highest BCUT2D eigenvalue weighted by molar-refractivity contribution is 5.89. The van der Waals surface area contributed by atoms with Crippen LogP contribution < -0.4 is 27.0 Å². The van der Waals surface area contributed by atoms with E-state index in [-0.39, 0.29) is 42.5 Å². The maximum atomic E-state index is 13.2. The average Bonchev–Trinajstić information content (AvgIpc) is 2.91. The Morgan fingerprint density at radius 1 is 0.878 bits per heavy atom. The first-order valence-electron chi connectivity index (χ1n) is 13.1. The van der Waals surface area contributed by atoms with Crippen molar-refractivity contribution in [1.29, 1.82) is 0 Å². The molecular formula is C30H40Cl2N6O3. The summed E-state index contributed by atoms with van der Waals surface area (Å²) in [5.41, 5.74) is 10.3. The van der Waals surface area contributed by atoms with Gasteiger partial charge in [-0.25, -0.2) is 4.98 Å². The summed E-state index contributed by atoms with van der Waals surface area (Å²) in [6.07, 6.45) is 2.02. The van der Waals surface area contributed by atoms with Gasteiger partial charge in [-0.3, -0.25) is 14.4 Å². The zero-order chi connectivity index (χ0) is 28.2. The predicted molar refractivity (Wildman–Crippen MR) is 168 cm³/mol. The zero-order valence-corrected chi connectivity index (χ0v) is 25.2. The number of nitrogen functional groups attached to an aromatic ring is 1. The second-order valence-corrected chi connectivity index (χ2v) is 9.59. The lowest BCUT2D eigenvalue weighted by molar-refractivity contribution is -0.129. The second kappa shape index (κ2) is 17.9. The number of carbonyl (C=O) groups excluding carboxylic acids is 3. The summed E-state index contributed by atoms with van der Waals surface area (Å²) >= 11 is 0. The zero-order valence-electron chi connectivity index (χ0n) is 23.6. The van der Waals surface area contributed by atoms with Gasteiger partial charge in [-0.2, -0.15) is 0 Å². The van der Waals surface area contributed by atoms with E-state index in [4.69, 9.17) is 5.73 Å². The van der Waals surface area contributed by atoms with Crippen LogP contribution in [0.5, 0.6) is 0 Å². The molecule has 1 aromatic heterocycles. The van der Waals surface area contributed by atoms with Gasteiger partial charge in [-0.1, -0.05) is 48.5 Å². The Hall–Kier alpha value is -3.66. The Morgan fingerprint density at radius 3 is 2.17 bits per heavy atom. The van der Waals surface area contributed by atoms with E-state index in [1.165, 1.54) is 6.92 Å². The molecule has 0 aliphatic heterocycles. The number of rotatable bonds is 13. The molecule has 0 aliphatic rings. The summed E-state index contributed by atoms with van der Waals surface area (Å²) in [5, 5.41) is 11.8. The minimum atomic E-state index is -0.707. The van der Waals surface area contributed by atoms with Gasteiger partial charge >= 0.3 is 0 Å². The van der Waals surface area contributed by atoms with Crippen molar-refractivity contribution < 1.29 is 14.4 Å². The third-order valence-electron chi connectivity index (χ3n) is 6.38. The predicted octanol–water partition coefficient (Wildman–Crippen LogP) is 3.73. The molecular weight excluding hydrogens is 563 g/mol. The number of aryl methyl sites for hydroxylation is 2. The van der Waals surface area contributed by atoms with E-state index >= 15 is 0 Å². The topological polar surface area (TPSA) is 138 Å². The highest BCUT2D eigenvalue weighted by atomic mass is 35.5. The van der Waals surface area contributed by atoms with Crippen LogP contribution in [0.25, 0.3) is 0 Å². The number of hydrogen-bond donors (Lipinski definition) is 5. The monoisotopic (exact) mass is 602 g/mol. The fourth-order valence-corrected chi connectivity index (χ4v) is 4.14. The van der Waals surface area contributed by atoms with Crippen molar-refractivity contribution in [2.24, 2.45) is 0 Å². The number of nitrogens with two attached hydrogens (primary N) is 1. The SMILES string of the molecule is CC(=O)Nc1ccc(CCN[C@H](CCc2ccccc2)C(=O)N[C@@H](C)C(=O)NCc2ccc(N)nc2C)cc1.Cl.Cl. The maximum Gasteiger partial charge on any atom is 0.242 e. The van der Waals surface area contributed by atoms with E-state index in [1.54, 1.807) is 13.0 Å². The molecule has 2 atom stereocenters. The number of nitrogens with one attached hydrogen (secondary N) is 4. The molecule has 0 fully saturated rings. The van der Waals surface area contributed by atoms with Gasteiger partial charge in [0.25, 0.3) is 0 Å². The highest BCUT2D eigenvalue weighted by Gasteiger charge is 2.22. The van der Waals surface area contributed by atoms with Crippen LogP contribution in [0.15, 0.2) is 66.7 Å². The van der Waals surface area contributed by atoms with E-state index in [9.17, 15) is 14.4 Å². The third kappa shape index (κ3) is 12.2. The molecule has 11 heteroatoms. The molecule has 222 valence electrons. The molecule has 0 spiro atoms. The minimum absolute atomic E-state index is 0. The van der Waals surface area contributed by atoms with Crippen LogP contribution in [0.1, 0.15) is 42.7 Å². The molecule has 3 amide bonds. The van der Waals surface area contributed by atoms with Gasteiger partial charge in [0.2, 0.25) is 17.7 Å². The highest BCUT2D eigenvalue weighted by Crippen LogP contribution is 2.11. The number of anilines is 2. The van der Waals surface area contributed by atoms with E-state index < -0.39 is 12.1 Å². The number of carbonyl (C=O) groups is 3. The van der Waals surface area contributed by atoms with E-state index in [1.807, 2.05) is 67.6 Å². The van der Waals surface area contributed by atoms with E-state index in [0.29, 0.717) is 31.7 Å². The van der Waals surface area contributed by atoms with Gasteiger partial charge < -0.3 is 27.0 Å². The summed E-state index contributed by atoms with van der Waals surface area (Å²) in [5.74, 6) is -0.184. The quantitative estimate of drug-likeness (QED) is 0.202. The van der Waals surface area contributed by atoms with E-state index in [0.717, 1.165) is 34.5 Å². The van der Waals surface area contributed by atoms with Gasteiger partial charge in [0.1, 0.15) is 11.9 Å². The van der Waals surface area contributed by atoms with Crippen molar-refractivity contribution in [1.82, 2.24) is 20.9 Å². The summed E-state index contributed by atoms with van der Waals surface area (Å²) in [7, 11) is 0. The summed E-state index contributed by atoms with van der Waals surface area (Å²) in [4.78, 5) is 41.4. The fraction of sp³-hybridized carbons (Fsp3) is 0.333. The molecule has 0 saturated heterocycles. The van der Waals surface area contributed by atoms with Crippen LogP contribution in [-0.4, -0.2) is 41.3 Å². The van der Waals surface area contributed by atoms with Crippen molar-refractivity contribution in [3.05, 3.63) is 89.1 Å². The lowest BCUT2D eigenvalue weighted by Crippen LogP contribution is -2.52. The number of amides is 3. The summed E-state index contributed by atoms with van der Waals surface area (Å²) in [6, 6.07) is 20.0. The molecule has 2 aromatic carbocycles. The Bertz CT molecular complexity index is 1260. The first kappa shape index (κ1) is 35.4. The Kier molecular flexibility index (Phi) is 15.4. The van der Waals surface area contributed by atoms with Crippen molar-refractivity contribution in [2.75, 3.05) is 17.6 Å². The lowest BCUT2D eigenvalue weighted by atomic mass is 10.0. The van der Waals surface area contributed by atoms with Crippen LogP contribution in [0, 0.1) is 6.92 Å². The molecule has 1 heterocycles. The molecule has 0 radical (unpaired) electrons. The standard InChI is InChI=1S/C30H38N6O3.2ClH/c1-20-25(12-16-28(31)34-20)19-33-29(38)21(2)35-30(39)27(15-11-23-7-5-4-6-8-23)32-18-17-24-9-13-26(14-10-24)36-22(3)37;;/h4-10,12-14,16,21,27,32H,11,15,17-19H2,1-3H3,(H2,31,34)(H,33,38)(H,35,39)(H,36,37);2*1H/t21-,27+;;/m0../s1. The largest absolute Gasteiger partial charge is 0.384 e. The third-order valence-corrected chi connectivity index (χ3v) is 6.38. The summed E-state index contributed by atoms with van der Waals surface area (Å²) in [6.45, 7) is 5.86. The van der Waals surface area contributed by atoms with Crippen LogP contribution in [0.3, 0.4) is 0 Å². The van der Waals surface area contributed by atoms with Gasteiger partial charge in [0, 0.05) is 24.8 Å². The van der Waals surface area contributed by atoms with Crippen molar-refractivity contribution in [3.63, 3.8) is 0 Å². The van der Waals surface area contributed by atoms with Crippen molar-refractivity contribution >= 4 is 54.0 Å². The van der Waals surface area contributed by atoms with Crippen LogP contribution in [0.2, 0.25) is 0 Å². The van der Waals surface area contributed by atoms with Gasteiger partial charge in [-0.05, 0) is 74.5 Å². The maximum absolute atomic E-state index is 13.2.